The number of carbonyl (C=O) groups excluding carboxylic acids is 2. The molecule has 1 rings (SSSR count). The summed E-state index contributed by atoms with van der Waals surface area (Å²) in [7, 11) is -0.170. The molecule has 0 spiro atoms. The lowest BCUT2D eigenvalue weighted by Gasteiger charge is -2.17. The molecular formula is C12H12F3NO3S. The Hall–Kier alpha value is -1.70. The third-order valence-electron chi connectivity index (χ3n) is 2.50. The fourth-order valence-electron chi connectivity index (χ4n) is 1.56. The number of hydrogen-bond acceptors (Lipinski definition) is 3. The molecule has 0 aliphatic carbocycles. The number of amides is 1. The first kappa shape index (κ1) is 16.4. The lowest BCUT2D eigenvalue weighted by molar-refractivity contribution is -0.137. The smallest absolute Gasteiger partial charge is 0.317 e. The van der Waals surface area contributed by atoms with E-state index >= 15 is 0 Å². The second-order valence-corrected chi connectivity index (χ2v) is 5.52. The maximum absolute atomic E-state index is 12.7. The maximum atomic E-state index is 12.7. The van der Waals surface area contributed by atoms with Gasteiger partial charge in [-0.15, -0.1) is 0 Å². The fourth-order valence-corrected chi connectivity index (χ4v) is 2.09. The van der Waals surface area contributed by atoms with Crippen molar-refractivity contribution < 1.29 is 27.0 Å². The average Bonchev–Trinajstić information content (AvgIpc) is 2.35. The fraction of sp³-hybridized carbons (Fsp3) is 0.333. The van der Waals surface area contributed by atoms with E-state index in [1.165, 1.54) is 13.3 Å². The predicted octanol–water partition coefficient (Wildman–Crippen LogP) is 1.86. The van der Waals surface area contributed by atoms with E-state index in [-0.39, 0.29) is 11.3 Å². The maximum Gasteiger partial charge on any atom is 0.416 e. The zero-order chi connectivity index (χ0) is 15.5. The Morgan fingerprint density at radius 2 is 2.00 bits per heavy atom. The molecule has 0 aliphatic rings. The monoisotopic (exact) mass is 307 g/mol. The topological polar surface area (TPSA) is 54.5 Å². The summed E-state index contributed by atoms with van der Waals surface area (Å²) in [6.45, 7) is 0. The van der Waals surface area contributed by atoms with Crippen molar-refractivity contribution in [3.8, 4) is 0 Å². The van der Waals surface area contributed by atoms with Crippen molar-refractivity contribution in [3.05, 3.63) is 29.3 Å². The molecule has 0 heterocycles. The van der Waals surface area contributed by atoms with Crippen molar-refractivity contribution in [3.63, 3.8) is 0 Å². The van der Waals surface area contributed by atoms with E-state index in [9.17, 15) is 27.0 Å². The van der Waals surface area contributed by atoms with Gasteiger partial charge in [-0.25, -0.2) is 0 Å². The highest BCUT2D eigenvalue weighted by Gasteiger charge is 2.32. The van der Waals surface area contributed by atoms with Crippen molar-refractivity contribution in [2.24, 2.45) is 0 Å². The second kappa shape index (κ2) is 6.17. The number of Topliss-reactive ketones (excluding diaryl/α,β-unsaturated/α-hetero) is 1. The van der Waals surface area contributed by atoms with Gasteiger partial charge in [-0.05, 0) is 18.2 Å². The molecule has 0 aromatic heterocycles. The van der Waals surface area contributed by atoms with Gasteiger partial charge in [0, 0.05) is 29.7 Å². The van der Waals surface area contributed by atoms with Crippen LogP contribution in [0.25, 0.3) is 0 Å². The van der Waals surface area contributed by atoms with E-state index in [0.29, 0.717) is 12.5 Å². The van der Waals surface area contributed by atoms with Crippen LogP contribution in [0.5, 0.6) is 0 Å². The summed E-state index contributed by atoms with van der Waals surface area (Å²) in [5, 5.41) is 0. The number of hydrogen-bond donors (Lipinski definition) is 0. The summed E-state index contributed by atoms with van der Waals surface area (Å²) >= 11 is 0. The van der Waals surface area contributed by atoms with Crippen LogP contribution >= 0.6 is 0 Å². The summed E-state index contributed by atoms with van der Waals surface area (Å²) in [6, 6.07) is 2.50. The van der Waals surface area contributed by atoms with Crippen LogP contribution in [0.15, 0.2) is 18.2 Å². The van der Waals surface area contributed by atoms with Gasteiger partial charge in [0.05, 0.1) is 17.0 Å². The van der Waals surface area contributed by atoms with E-state index in [1.807, 2.05) is 0 Å². The standard InChI is InChI=1S/C12H12F3NO3S/c1-16(7-17)10-4-3-8(12(13,14)15)5-9(10)11(18)6-20(2)19/h3-5,7H,6H2,1-2H3. The van der Waals surface area contributed by atoms with Gasteiger partial charge >= 0.3 is 6.18 Å². The Labute approximate surface area is 116 Å². The Morgan fingerprint density at radius 3 is 2.45 bits per heavy atom. The number of halogens is 3. The summed E-state index contributed by atoms with van der Waals surface area (Å²) in [6.07, 6.45) is -2.95. The van der Waals surface area contributed by atoms with Gasteiger partial charge in [0.25, 0.3) is 0 Å². The lowest BCUT2D eigenvalue weighted by atomic mass is 10.0. The van der Waals surface area contributed by atoms with Gasteiger partial charge in [0.1, 0.15) is 0 Å². The Kier molecular flexibility index (Phi) is 5.04. The molecule has 0 bridgehead atoms. The van der Waals surface area contributed by atoms with Crippen molar-refractivity contribution in [1.82, 2.24) is 0 Å². The number of carbonyl (C=O) groups is 2. The van der Waals surface area contributed by atoms with Crippen LogP contribution in [0.3, 0.4) is 0 Å². The van der Waals surface area contributed by atoms with E-state index in [4.69, 9.17) is 0 Å². The van der Waals surface area contributed by atoms with Gasteiger partial charge in [-0.2, -0.15) is 13.2 Å². The molecule has 0 aliphatic heterocycles. The molecule has 0 N–H and O–H groups in total. The minimum absolute atomic E-state index is 0.0449. The number of rotatable bonds is 5. The van der Waals surface area contributed by atoms with Gasteiger partial charge in [0.15, 0.2) is 5.78 Å². The minimum Gasteiger partial charge on any atom is -0.317 e. The molecule has 20 heavy (non-hydrogen) atoms. The molecule has 4 nitrogen and oxygen atoms in total. The SMILES string of the molecule is CN(C=O)c1ccc(C(F)(F)F)cc1C(=O)CS(C)=O. The summed E-state index contributed by atoms with van der Waals surface area (Å²) in [5.74, 6) is -1.11. The number of ketones is 1. The van der Waals surface area contributed by atoms with Crippen LogP contribution in [-0.2, 0) is 21.8 Å². The van der Waals surface area contributed by atoms with Crippen molar-refractivity contribution in [1.29, 1.82) is 0 Å². The molecule has 1 amide bonds. The molecule has 0 radical (unpaired) electrons. The summed E-state index contributed by atoms with van der Waals surface area (Å²) < 4.78 is 49.0. The summed E-state index contributed by atoms with van der Waals surface area (Å²) in [5.41, 5.74) is -1.22. The molecular weight excluding hydrogens is 295 g/mol. The Morgan fingerprint density at radius 1 is 1.40 bits per heavy atom. The van der Waals surface area contributed by atoms with E-state index in [2.05, 4.69) is 0 Å². The summed E-state index contributed by atoms with van der Waals surface area (Å²) in [4.78, 5) is 23.6. The molecule has 0 saturated heterocycles. The first-order valence-corrected chi connectivity index (χ1v) is 7.12. The predicted molar refractivity (Wildman–Crippen MR) is 69.2 cm³/mol. The quantitative estimate of drug-likeness (QED) is 0.616. The van der Waals surface area contributed by atoms with Crippen LogP contribution in [0.1, 0.15) is 15.9 Å². The largest absolute Gasteiger partial charge is 0.416 e. The molecule has 0 fully saturated rings. The van der Waals surface area contributed by atoms with E-state index in [0.717, 1.165) is 17.0 Å². The molecule has 110 valence electrons. The first-order valence-electron chi connectivity index (χ1n) is 5.39. The zero-order valence-electron chi connectivity index (χ0n) is 10.7. The highest BCUT2D eigenvalue weighted by atomic mass is 32.2. The lowest BCUT2D eigenvalue weighted by Crippen LogP contribution is -2.20. The van der Waals surface area contributed by atoms with Crippen molar-refractivity contribution in [2.75, 3.05) is 24.0 Å². The van der Waals surface area contributed by atoms with Crippen LogP contribution < -0.4 is 4.90 Å². The second-order valence-electron chi connectivity index (χ2n) is 4.09. The number of anilines is 1. The molecule has 8 heteroatoms. The molecule has 1 aromatic carbocycles. The molecule has 1 unspecified atom stereocenters. The van der Waals surface area contributed by atoms with Gasteiger partial charge < -0.3 is 4.90 Å². The number of nitrogens with zero attached hydrogens (tertiary/aromatic N) is 1. The zero-order valence-corrected chi connectivity index (χ0v) is 11.5. The molecule has 1 atom stereocenters. The number of alkyl halides is 3. The van der Waals surface area contributed by atoms with E-state index in [1.54, 1.807) is 0 Å². The van der Waals surface area contributed by atoms with Gasteiger partial charge in [-0.1, -0.05) is 0 Å². The molecule has 0 saturated carbocycles. The number of benzene rings is 1. The average molecular weight is 307 g/mol. The molecule has 1 aromatic rings. The van der Waals surface area contributed by atoms with Crippen LogP contribution in [0.2, 0.25) is 0 Å². The minimum atomic E-state index is -4.60. The van der Waals surface area contributed by atoms with Gasteiger partial charge in [-0.3, -0.25) is 13.8 Å². The third-order valence-corrected chi connectivity index (χ3v) is 3.17. The van der Waals surface area contributed by atoms with Crippen LogP contribution in [0, 0.1) is 0 Å². The van der Waals surface area contributed by atoms with Gasteiger partial charge in [0.2, 0.25) is 6.41 Å². The van der Waals surface area contributed by atoms with Crippen LogP contribution in [-0.4, -0.2) is 35.5 Å². The first-order chi connectivity index (χ1) is 9.16. The Bertz CT molecular complexity index is 557. The third kappa shape index (κ3) is 3.89. The normalized spacial score (nSPS) is 12.8. The van der Waals surface area contributed by atoms with Crippen molar-refractivity contribution >= 4 is 28.7 Å². The van der Waals surface area contributed by atoms with Crippen LogP contribution in [0.4, 0.5) is 18.9 Å². The Balaban J connectivity index is 3.37. The highest BCUT2D eigenvalue weighted by molar-refractivity contribution is 7.85. The highest BCUT2D eigenvalue weighted by Crippen LogP contribution is 2.32. The van der Waals surface area contributed by atoms with Crippen molar-refractivity contribution in [2.45, 2.75) is 6.18 Å². The van der Waals surface area contributed by atoms with E-state index < -0.39 is 34.1 Å².